The maximum absolute atomic E-state index is 12.1. The number of nitrogens with zero attached hydrogens (tertiary/aromatic N) is 1. The Morgan fingerprint density at radius 2 is 2.00 bits per heavy atom. The van der Waals surface area contributed by atoms with E-state index in [9.17, 15) is 14.4 Å². The van der Waals surface area contributed by atoms with Crippen LogP contribution in [0.4, 0.5) is 4.79 Å². The fourth-order valence-electron chi connectivity index (χ4n) is 2.42. The van der Waals surface area contributed by atoms with E-state index in [0.29, 0.717) is 19.5 Å². The van der Waals surface area contributed by atoms with E-state index >= 15 is 0 Å². The predicted molar refractivity (Wildman–Crippen MR) is 92.5 cm³/mol. The van der Waals surface area contributed by atoms with E-state index in [0.717, 1.165) is 10.5 Å². The lowest BCUT2D eigenvalue weighted by molar-refractivity contribution is -0.125. The number of hydrogen-bond donors (Lipinski definition) is 3. The fourth-order valence-corrected chi connectivity index (χ4v) is 2.42. The molecule has 2 unspecified atom stereocenters. The quantitative estimate of drug-likeness (QED) is 0.497. The zero-order chi connectivity index (χ0) is 16.8. The van der Waals surface area contributed by atoms with Gasteiger partial charge in [0.05, 0.1) is 12.5 Å². The van der Waals surface area contributed by atoms with Gasteiger partial charge in [-0.15, -0.1) is 12.4 Å². The molecule has 8 heteroatoms. The number of hydrogen-bond acceptors (Lipinski definition) is 4. The molecular formula is C16H23ClN4O3. The molecule has 0 aromatic heterocycles. The van der Waals surface area contributed by atoms with Crippen molar-refractivity contribution in [3.63, 3.8) is 0 Å². The SMILES string of the molecule is CC(C(=O)NCCCN1C(=O)CNC1=O)C(N)c1ccccc1.Cl. The molecule has 7 nitrogen and oxygen atoms in total. The highest BCUT2D eigenvalue weighted by Gasteiger charge is 2.27. The van der Waals surface area contributed by atoms with E-state index in [1.807, 2.05) is 30.3 Å². The zero-order valence-electron chi connectivity index (χ0n) is 13.5. The summed E-state index contributed by atoms with van der Waals surface area (Å²) < 4.78 is 0. The highest BCUT2D eigenvalue weighted by Crippen LogP contribution is 2.18. The number of carbonyl (C=O) groups is 3. The number of carbonyl (C=O) groups excluding carboxylic acids is 3. The molecule has 1 aliphatic rings. The number of halogens is 1. The molecule has 4 N–H and O–H groups in total. The summed E-state index contributed by atoms with van der Waals surface area (Å²) in [4.78, 5) is 36.1. The van der Waals surface area contributed by atoms with Gasteiger partial charge in [0.2, 0.25) is 11.8 Å². The lowest BCUT2D eigenvalue weighted by atomic mass is 9.95. The summed E-state index contributed by atoms with van der Waals surface area (Å²) in [6.07, 6.45) is 0.512. The first-order chi connectivity index (χ1) is 11.0. The molecule has 1 saturated heterocycles. The van der Waals surface area contributed by atoms with Crippen LogP contribution in [0.15, 0.2) is 30.3 Å². The van der Waals surface area contributed by atoms with E-state index < -0.39 is 0 Å². The van der Waals surface area contributed by atoms with Gasteiger partial charge in [-0.05, 0) is 12.0 Å². The molecule has 4 amide bonds. The summed E-state index contributed by atoms with van der Waals surface area (Å²) in [5.41, 5.74) is 7.02. The number of imide groups is 1. The lowest BCUT2D eigenvalue weighted by Crippen LogP contribution is -2.38. The van der Waals surface area contributed by atoms with E-state index in [4.69, 9.17) is 5.73 Å². The molecule has 1 heterocycles. The molecule has 0 spiro atoms. The van der Waals surface area contributed by atoms with Crippen molar-refractivity contribution < 1.29 is 14.4 Å². The van der Waals surface area contributed by atoms with E-state index in [2.05, 4.69) is 10.6 Å². The third kappa shape index (κ3) is 4.94. The molecule has 0 radical (unpaired) electrons. The van der Waals surface area contributed by atoms with Crippen LogP contribution in [0.25, 0.3) is 0 Å². The summed E-state index contributed by atoms with van der Waals surface area (Å²) in [6, 6.07) is 8.72. The Balaban J connectivity index is 0.00000288. The summed E-state index contributed by atoms with van der Waals surface area (Å²) in [7, 11) is 0. The molecule has 132 valence electrons. The van der Waals surface area contributed by atoms with Crippen LogP contribution in [0.3, 0.4) is 0 Å². The van der Waals surface area contributed by atoms with Crippen LogP contribution in [0.2, 0.25) is 0 Å². The Hall–Kier alpha value is -2.12. The van der Waals surface area contributed by atoms with Gasteiger partial charge >= 0.3 is 6.03 Å². The summed E-state index contributed by atoms with van der Waals surface area (Å²) in [5.74, 6) is -0.742. The third-order valence-corrected chi connectivity index (χ3v) is 3.93. The number of rotatable bonds is 7. The zero-order valence-corrected chi connectivity index (χ0v) is 14.3. The van der Waals surface area contributed by atoms with Gasteiger partial charge in [0.15, 0.2) is 0 Å². The van der Waals surface area contributed by atoms with Gasteiger partial charge in [-0.25, -0.2) is 4.79 Å². The third-order valence-electron chi connectivity index (χ3n) is 3.93. The topological polar surface area (TPSA) is 105 Å². The van der Waals surface area contributed by atoms with Crippen molar-refractivity contribution in [2.45, 2.75) is 19.4 Å². The van der Waals surface area contributed by atoms with Crippen LogP contribution < -0.4 is 16.4 Å². The smallest absolute Gasteiger partial charge is 0.324 e. The van der Waals surface area contributed by atoms with Gasteiger partial charge in [0, 0.05) is 19.1 Å². The average Bonchev–Trinajstić information content (AvgIpc) is 2.89. The second-order valence-electron chi connectivity index (χ2n) is 5.57. The van der Waals surface area contributed by atoms with Crippen LogP contribution in [-0.2, 0) is 9.59 Å². The average molecular weight is 355 g/mol. The van der Waals surface area contributed by atoms with Crippen molar-refractivity contribution in [1.29, 1.82) is 0 Å². The van der Waals surface area contributed by atoms with Crippen LogP contribution >= 0.6 is 12.4 Å². The number of urea groups is 1. The Kier molecular flexibility index (Phi) is 7.67. The number of nitrogens with one attached hydrogen (secondary N) is 2. The Labute approximate surface area is 147 Å². The molecule has 24 heavy (non-hydrogen) atoms. The molecule has 0 aliphatic carbocycles. The first-order valence-electron chi connectivity index (χ1n) is 7.67. The maximum Gasteiger partial charge on any atom is 0.324 e. The molecule has 0 saturated carbocycles. The van der Waals surface area contributed by atoms with E-state index in [1.54, 1.807) is 6.92 Å². The molecule has 1 aromatic rings. The number of amides is 4. The Bertz CT molecular complexity index is 566. The maximum atomic E-state index is 12.1. The van der Waals surface area contributed by atoms with Crippen molar-refractivity contribution in [1.82, 2.24) is 15.5 Å². The second kappa shape index (κ2) is 9.24. The van der Waals surface area contributed by atoms with Crippen molar-refractivity contribution in [3.05, 3.63) is 35.9 Å². The Morgan fingerprint density at radius 3 is 2.58 bits per heavy atom. The normalized spacial score (nSPS) is 16.2. The minimum absolute atomic E-state index is 0. The highest BCUT2D eigenvalue weighted by atomic mass is 35.5. The Morgan fingerprint density at radius 1 is 1.33 bits per heavy atom. The van der Waals surface area contributed by atoms with E-state index in [-0.39, 0.29) is 48.8 Å². The number of benzene rings is 1. The summed E-state index contributed by atoms with van der Waals surface area (Å²) >= 11 is 0. The molecule has 2 atom stereocenters. The monoisotopic (exact) mass is 354 g/mol. The van der Waals surface area contributed by atoms with Crippen molar-refractivity contribution in [2.75, 3.05) is 19.6 Å². The summed E-state index contributed by atoms with van der Waals surface area (Å²) in [6.45, 7) is 2.52. The first kappa shape index (κ1) is 19.9. The van der Waals surface area contributed by atoms with Gasteiger partial charge in [0.25, 0.3) is 0 Å². The molecule has 2 rings (SSSR count). The lowest BCUT2D eigenvalue weighted by Gasteiger charge is -2.20. The van der Waals surface area contributed by atoms with Gasteiger partial charge in [-0.1, -0.05) is 37.3 Å². The van der Waals surface area contributed by atoms with Crippen molar-refractivity contribution in [2.24, 2.45) is 11.7 Å². The predicted octanol–water partition coefficient (Wildman–Crippen LogP) is 0.802. The highest BCUT2D eigenvalue weighted by molar-refractivity contribution is 6.01. The van der Waals surface area contributed by atoms with Crippen molar-refractivity contribution >= 4 is 30.3 Å². The van der Waals surface area contributed by atoms with Gasteiger partial charge in [-0.2, -0.15) is 0 Å². The second-order valence-corrected chi connectivity index (χ2v) is 5.57. The first-order valence-corrected chi connectivity index (χ1v) is 7.67. The van der Waals surface area contributed by atoms with Gasteiger partial charge in [-0.3, -0.25) is 14.5 Å². The molecule has 0 bridgehead atoms. The van der Waals surface area contributed by atoms with Crippen LogP contribution in [0.1, 0.15) is 24.9 Å². The largest absolute Gasteiger partial charge is 0.356 e. The van der Waals surface area contributed by atoms with Gasteiger partial charge in [0.1, 0.15) is 0 Å². The van der Waals surface area contributed by atoms with Crippen LogP contribution in [0.5, 0.6) is 0 Å². The number of nitrogens with two attached hydrogens (primary N) is 1. The van der Waals surface area contributed by atoms with Crippen LogP contribution in [0, 0.1) is 5.92 Å². The summed E-state index contributed by atoms with van der Waals surface area (Å²) in [5, 5.41) is 5.25. The van der Waals surface area contributed by atoms with Crippen molar-refractivity contribution in [3.8, 4) is 0 Å². The van der Waals surface area contributed by atoms with Crippen LogP contribution in [-0.4, -0.2) is 42.4 Å². The molecule has 1 aliphatic heterocycles. The molecule has 1 fully saturated rings. The van der Waals surface area contributed by atoms with Gasteiger partial charge < -0.3 is 16.4 Å². The minimum atomic E-state index is -0.374. The van der Waals surface area contributed by atoms with E-state index in [1.165, 1.54) is 0 Å². The standard InChI is InChI=1S/C16H22N4O3.ClH/c1-11(14(17)12-6-3-2-4-7-12)15(22)18-8-5-9-20-13(21)10-19-16(20)23;/h2-4,6-7,11,14H,5,8-10,17H2,1H3,(H,18,22)(H,19,23);1H. The minimum Gasteiger partial charge on any atom is -0.356 e. The molecule has 1 aromatic carbocycles. The fraction of sp³-hybridized carbons (Fsp3) is 0.438. The molecular weight excluding hydrogens is 332 g/mol.